The third kappa shape index (κ3) is 7.86. The van der Waals surface area contributed by atoms with Gasteiger partial charge in [-0.2, -0.15) is 13.5 Å². The number of methoxy groups -OCH3 is 1. The van der Waals surface area contributed by atoms with Crippen LogP contribution in [0.15, 0.2) is 77.7 Å². The molecule has 1 aromatic heterocycles. The summed E-state index contributed by atoms with van der Waals surface area (Å²) in [6.45, 7) is 3.58. The molecule has 4 aromatic rings. The summed E-state index contributed by atoms with van der Waals surface area (Å²) in [5, 5.41) is 13.6. The topological polar surface area (TPSA) is 117 Å². The van der Waals surface area contributed by atoms with E-state index in [9.17, 15) is 14.7 Å². The van der Waals surface area contributed by atoms with Gasteiger partial charge in [-0.05, 0) is 83.6 Å². The van der Waals surface area contributed by atoms with Crippen molar-refractivity contribution in [3.05, 3.63) is 112 Å². The van der Waals surface area contributed by atoms with Crippen LogP contribution in [0.1, 0.15) is 48.7 Å². The third-order valence-corrected chi connectivity index (χ3v) is 8.21. The van der Waals surface area contributed by atoms with Crippen molar-refractivity contribution in [1.29, 1.82) is 0 Å². The quantitative estimate of drug-likeness (QED) is 0.272. The molecule has 0 saturated heterocycles. The first-order valence-electron chi connectivity index (χ1n) is 14.8. The lowest BCUT2D eigenvalue weighted by Gasteiger charge is -2.30. The van der Waals surface area contributed by atoms with Gasteiger partial charge in [0.25, 0.3) is 11.8 Å². The van der Waals surface area contributed by atoms with Gasteiger partial charge in [0.05, 0.1) is 19.4 Å². The smallest absolute Gasteiger partial charge is 0.254 e. The highest BCUT2D eigenvalue weighted by atomic mass is 32.1. The average Bonchev–Trinajstić information content (AvgIpc) is 3.59. The summed E-state index contributed by atoms with van der Waals surface area (Å²) < 4.78 is 16.2. The second-order valence-electron chi connectivity index (χ2n) is 11.2. The molecule has 0 unspecified atom stereocenters. The maximum atomic E-state index is 13.0. The molecule has 45 heavy (non-hydrogen) atoms. The number of hydrogen-bond donors (Lipinski definition) is 2. The first-order chi connectivity index (χ1) is 21.4. The number of benzene rings is 3. The molecule has 11 heteroatoms. The molecule has 2 aliphatic heterocycles. The van der Waals surface area contributed by atoms with Crippen molar-refractivity contribution in [3.8, 4) is 11.5 Å². The summed E-state index contributed by atoms with van der Waals surface area (Å²) in [5.74, 6) is 1.93. The largest absolute Gasteiger partial charge is 0.497 e. The van der Waals surface area contributed by atoms with Crippen LogP contribution in [0.4, 0.5) is 0 Å². The van der Waals surface area contributed by atoms with Crippen LogP contribution in [0.3, 0.4) is 0 Å². The van der Waals surface area contributed by atoms with Crippen molar-refractivity contribution in [1.82, 2.24) is 20.1 Å². The lowest BCUT2D eigenvalue weighted by atomic mass is 9.96. The van der Waals surface area contributed by atoms with E-state index in [2.05, 4.69) is 27.3 Å². The van der Waals surface area contributed by atoms with Crippen LogP contribution in [0.25, 0.3) is 0 Å². The van der Waals surface area contributed by atoms with Crippen molar-refractivity contribution >= 4 is 25.3 Å². The SMILES string of the molecule is COc1ccc(C(=O)N2CCc3cc(C(=O)NC[C@H](O)CN4CCc5cc(OCc6cnco6)ccc5C4)ccc3C2)cc1.S. The highest BCUT2D eigenvalue weighted by molar-refractivity contribution is 7.59. The Balaban J connectivity index is 0.00000400. The number of amides is 2. The Morgan fingerprint density at radius 1 is 0.933 bits per heavy atom. The van der Waals surface area contributed by atoms with E-state index in [1.165, 1.54) is 17.5 Å². The van der Waals surface area contributed by atoms with Gasteiger partial charge in [0, 0.05) is 50.4 Å². The van der Waals surface area contributed by atoms with Gasteiger partial charge in [-0.3, -0.25) is 14.5 Å². The summed E-state index contributed by atoms with van der Waals surface area (Å²) in [4.78, 5) is 33.9. The molecule has 3 aromatic carbocycles. The van der Waals surface area contributed by atoms with Crippen LogP contribution in [-0.2, 0) is 32.5 Å². The Morgan fingerprint density at radius 3 is 2.42 bits per heavy atom. The summed E-state index contributed by atoms with van der Waals surface area (Å²) >= 11 is 0. The molecule has 0 spiro atoms. The Bertz CT molecular complexity index is 1610. The number of hydrogen-bond acceptors (Lipinski definition) is 8. The van der Waals surface area contributed by atoms with Gasteiger partial charge in [0.15, 0.2) is 12.2 Å². The van der Waals surface area contributed by atoms with Gasteiger partial charge in [-0.15, -0.1) is 0 Å². The Labute approximate surface area is 269 Å². The van der Waals surface area contributed by atoms with Crippen molar-refractivity contribution in [2.75, 3.05) is 33.3 Å². The van der Waals surface area contributed by atoms with E-state index in [1.54, 1.807) is 43.6 Å². The number of aromatic nitrogens is 1. The molecule has 10 nitrogen and oxygen atoms in total. The van der Waals surface area contributed by atoms with Crippen LogP contribution in [0.5, 0.6) is 11.5 Å². The Morgan fingerprint density at radius 2 is 1.64 bits per heavy atom. The first-order valence-corrected chi connectivity index (χ1v) is 14.8. The Hall–Kier alpha value is -4.32. The number of rotatable bonds is 10. The molecule has 0 aliphatic carbocycles. The van der Waals surface area contributed by atoms with Crippen molar-refractivity contribution in [2.24, 2.45) is 0 Å². The minimum atomic E-state index is -0.694. The van der Waals surface area contributed by atoms with Gasteiger partial charge in [0.1, 0.15) is 18.1 Å². The number of aliphatic hydroxyl groups excluding tert-OH is 1. The minimum absolute atomic E-state index is 0. The van der Waals surface area contributed by atoms with Gasteiger partial charge in [0.2, 0.25) is 0 Å². The molecule has 0 bridgehead atoms. The molecule has 0 radical (unpaired) electrons. The number of nitrogens with zero attached hydrogens (tertiary/aromatic N) is 3. The van der Waals surface area contributed by atoms with Crippen molar-refractivity contribution in [2.45, 2.75) is 38.6 Å². The highest BCUT2D eigenvalue weighted by Gasteiger charge is 2.24. The second-order valence-corrected chi connectivity index (χ2v) is 11.2. The number of carbonyl (C=O) groups is 2. The fourth-order valence-corrected chi connectivity index (χ4v) is 5.76. The number of ether oxygens (including phenoxy) is 2. The van der Waals surface area contributed by atoms with Gasteiger partial charge < -0.3 is 29.2 Å². The molecule has 6 rings (SSSR count). The summed E-state index contributed by atoms with van der Waals surface area (Å²) in [7, 11) is 1.60. The predicted molar refractivity (Wildman–Crippen MR) is 173 cm³/mol. The van der Waals surface area contributed by atoms with Crippen LogP contribution in [-0.4, -0.2) is 71.1 Å². The number of oxazole rings is 1. The molecule has 236 valence electrons. The first kappa shape index (κ1) is 32.1. The number of aliphatic hydroxyl groups is 1. The molecule has 2 amide bonds. The molecule has 2 N–H and O–H groups in total. The molecule has 2 aliphatic rings. The minimum Gasteiger partial charge on any atom is -0.497 e. The lowest BCUT2D eigenvalue weighted by Crippen LogP contribution is -2.42. The zero-order chi connectivity index (χ0) is 30.5. The fraction of sp³-hybridized carbons (Fsp3) is 0.324. The van der Waals surface area contributed by atoms with Crippen molar-refractivity contribution in [3.63, 3.8) is 0 Å². The zero-order valence-electron chi connectivity index (χ0n) is 25.2. The zero-order valence-corrected chi connectivity index (χ0v) is 26.2. The van der Waals surface area contributed by atoms with E-state index in [4.69, 9.17) is 13.9 Å². The summed E-state index contributed by atoms with van der Waals surface area (Å²) in [5.41, 5.74) is 5.72. The van der Waals surface area contributed by atoms with E-state index < -0.39 is 6.10 Å². The number of fused-ring (bicyclic) bond motifs is 2. The molecule has 1 atom stereocenters. The van der Waals surface area contributed by atoms with E-state index in [0.29, 0.717) is 55.3 Å². The van der Waals surface area contributed by atoms with E-state index in [0.717, 1.165) is 36.4 Å². The predicted octanol–water partition coefficient (Wildman–Crippen LogP) is 3.72. The van der Waals surface area contributed by atoms with E-state index in [-0.39, 0.29) is 31.9 Å². The molecule has 3 heterocycles. The van der Waals surface area contributed by atoms with Gasteiger partial charge >= 0.3 is 0 Å². The number of β-amino-alcohol motifs (C(OH)–C–C–N with tert-alkyl or cyclic N) is 1. The normalized spacial score (nSPS) is 14.8. The van der Waals surface area contributed by atoms with Crippen LogP contribution in [0, 0.1) is 0 Å². The molecular formula is C34H38N4O6S. The van der Waals surface area contributed by atoms with Gasteiger partial charge in [-0.1, -0.05) is 12.1 Å². The summed E-state index contributed by atoms with van der Waals surface area (Å²) in [6, 6.07) is 18.8. The number of carbonyl (C=O) groups excluding carboxylic acids is 2. The molecule has 0 saturated carbocycles. The molecule has 0 fully saturated rings. The molecular weight excluding hydrogens is 592 g/mol. The monoisotopic (exact) mass is 630 g/mol. The van der Waals surface area contributed by atoms with Crippen LogP contribution >= 0.6 is 13.5 Å². The van der Waals surface area contributed by atoms with E-state index >= 15 is 0 Å². The number of nitrogens with one attached hydrogen (secondary N) is 1. The fourth-order valence-electron chi connectivity index (χ4n) is 5.76. The highest BCUT2D eigenvalue weighted by Crippen LogP contribution is 2.25. The summed E-state index contributed by atoms with van der Waals surface area (Å²) in [6.07, 6.45) is 3.86. The standard InChI is InChI=1S/C34H36N4O6.H2S/c1-42-30-7-4-23(5-8-30)34(41)38-13-11-24-14-26(2-3-28(24)19-38)33(40)36-16-29(39)20-37-12-10-25-15-31(9-6-27(25)18-37)43-21-32-17-35-22-44-32;/h2-9,14-15,17,22,29,39H,10-13,16,18-21H2,1H3,(H,36,40);1H2/t29-;/m0./s1. The van der Waals surface area contributed by atoms with Crippen LogP contribution < -0.4 is 14.8 Å². The second kappa shape index (κ2) is 14.6. The Kier molecular flexibility index (Phi) is 10.4. The lowest BCUT2D eigenvalue weighted by molar-refractivity contribution is 0.0734. The van der Waals surface area contributed by atoms with Gasteiger partial charge in [-0.25, -0.2) is 4.98 Å². The van der Waals surface area contributed by atoms with Crippen molar-refractivity contribution < 1.29 is 28.6 Å². The third-order valence-electron chi connectivity index (χ3n) is 8.21. The van der Waals surface area contributed by atoms with Crippen LogP contribution in [0.2, 0.25) is 0 Å². The average molecular weight is 631 g/mol. The maximum absolute atomic E-state index is 13.0. The van der Waals surface area contributed by atoms with E-state index in [1.807, 2.05) is 23.1 Å². The maximum Gasteiger partial charge on any atom is 0.254 e.